The van der Waals surface area contributed by atoms with Crippen molar-refractivity contribution in [2.24, 2.45) is 0 Å². The molecule has 1 heterocycles. The third-order valence-electron chi connectivity index (χ3n) is 3.04. The first-order valence-electron chi connectivity index (χ1n) is 6.12. The van der Waals surface area contributed by atoms with Gasteiger partial charge in [-0.15, -0.1) is 5.10 Å². The van der Waals surface area contributed by atoms with Gasteiger partial charge in [-0.1, -0.05) is 0 Å². The molecule has 1 saturated carbocycles. The van der Waals surface area contributed by atoms with Crippen LogP contribution >= 0.6 is 12.2 Å². The third-order valence-corrected chi connectivity index (χ3v) is 3.33. The highest BCUT2D eigenvalue weighted by Gasteiger charge is 2.28. The van der Waals surface area contributed by atoms with Crippen LogP contribution in [0.3, 0.4) is 0 Å². The Morgan fingerprint density at radius 1 is 1.35 bits per heavy atom. The molecule has 0 atom stereocenters. The summed E-state index contributed by atoms with van der Waals surface area (Å²) in [6.07, 6.45) is 3.59. The summed E-state index contributed by atoms with van der Waals surface area (Å²) in [5, 5.41) is 7.24. The SMILES string of the molecule is CN(C)CCCN(C)c1n[nH]c(=S)n1C1CC1. The summed E-state index contributed by atoms with van der Waals surface area (Å²) in [5.74, 6) is 0.983. The molecule has 6 heteroatoms. The summed E-state index contributed by atoms with van der Waals surface area (Å²) in [6, 6.07) is 0.576. The van der Waals surface area contributed by atoms with Gasteiger partial charge in [0.1, 0.15) is 0 Å². The Hall–Kier alpha value is -0.880. The Labute approximate surface area is 107 Å². The van der Waals surface area contributed by atoms with Crippen LogP contribution in [0.5, 0.6) is 0 Å². The van der Waals surface area contributed by atoms with Crippen molar-refractivity contribution in [1.29, 1.82) is 0 Å². The van der Waals surface area contributed by atoms with Crippen LogP contribution in [-0.4, -0.2) is 53.9 Å². The second-order valence-electron chi connectivity index (χ2n) is 5.01. The zero-order valence-corrected chi connectivity index (χ0v) is 11.6. The second kappa shape index (κ2) is 5.18. The lowest BCUT2D eigenvalue weighted by Gasteiger charge is -2.19. The monoisotopic (exact) mass is 255 g/mol. The van der Waals surface area contributed by atoms with Crippen LogP contribution < -0.4 is 4.90 Å². The van der Waals surface area contributed by atoms with Gasteiger partial charge < -0.3 is 9.80 Å². The molecule has 0 radical (unpaired) electrons. The van der Waals surface area contributed by atoms with Gasteiger partial charge >= 0.3 is 0 Å². The summed E-state index contributed by atoms with van der Waals surface area (Å²) in [6.45, 7) is 2.10. The molecule has 1 N–H and O–H groups in total. The van der Waals surface area contributed by atoms with Crippen LogP contribution in [-0.2, 0) is 0 Å². The summed E-state index contributed by atoms with van der Waals surface area (Å²) in [7, 11) is 6.28. The maximum Gasteiger partial charge on any atom is 0.225 e. The Balaban J connectivity index is 1.98. The smallest absolute Gasteiger partial charge is 0.225 e. The molecule has 0 amide bonds. The molecule has 1 aliphatic rings. The second-order valence-corrected chi connectivity index (χ2v) is 5.40. The van der Waals surface area contributed by atoms with Crippen LogP contribution in [0.4, 0.5) is 5.95 Å². The summed E-state index contributed by atoms with van der Waals surface area (Å²) in [4.78, 5) is 4.39. The van der Waals surface area contributed by atoms with E-state index in [1.54, 1.807) is 0 Å². The largest absolute Gasteiger partial charge is 0.344 e. The van der Waals surface area contributed by atoms with E-state index in [-0.39, 0.29) is 0 Å². The van der Waals surface area contributed by atoms with Gasteiger partial charge in [0, 0.05) is 19.6 Å². The molecule has 96 valence electrons. The Bertz CT molecular complexity index is 418. The molecule has 0 saturated heterocycles. The highest BCUT2D eigenvalue weighted by molar-refractivity contribution is 7.71. The van der Waals surface area contributed by atoms with Crippen LogP contribution in [0.15, 0.2) is 0 Å². The molecule has 1 aromatic rings. The van der Waals surface area contributed by atoms with Gasteiger partial charge in [0.2, 0.25) is 5.95 Å². The van der Waals surface area contributed by atoms with Crippen molar-refractivity contribution >= 4 is 18.2 Å². The standard InChI is InChI=1S/C11H21N5S/c1-14(2)7-4-8-15(3)10-12-13-11(17)16(10)9-5-6-9/h9H,4-8H2,1-3H3,(H,13,17). The minimum atomic E-state index is 0.576. The topological polar surface area (TPSA) is 40.1 Å². The fraction of sp³-hybridized carbons (Fsp3) is 0.818. The lowest BCUT2D eigenvalue weighted by molar-refractivity contribution is 0.401. The quantitative estimate of drug-likeness (QED) is 0.785. The number of rotatable bonds is 6. The summed E-state index contributed by atoms with van der Waals surface area (Å²) in [5.41, 5.74) is 0. The minimum absolute atomic E-state index is 0.576. The van der Waals surface area contributed by atoms with Crippen LogP contribution in [0.1, 0.15) is 25.3 Å². The number of hydrogen-bond acceptors (Lipinski definition) is 4. The van der Waals surface area contributed by atoms with Crippen LogP contribution in [0.25, 0.3) is 0 Å². The predicted octanol–water partition coefficient (Wildman–Crippen LogP) is 1.66. The minimum Gasteiger partial charge on any atom is -0.344 e. The molecule has 1 fully saturated rings. The molecule has 2 rings (SSSR count). The van der Waals surface area contributed by atoms with Crippen LogP contribution in [0, 0.1) is 4.77 Å². The molecule has 1 aliphatic carbocycles. The maximum atomic E-state index is 5.27. The first-order valence-corrected chi connectivity index (χ1v) is 6.53. The first-order chi connectivity index (χ1) is 8.09. The highest BCUT2D eigenvalue weighted by atomic mass is 32.1. The van der Waals surface area contributed by atoms with E-state index in [1.165, 1.54) is 12.8 Å². The van der Waals surface area contributed by atoms with Crippen molar-refractivity contribution in [1.82, 2.24) is 19.7 Å². The van der Waals surface area contributed by atoms with Gasteiger partial charge in [0.25, 0.3) is 0 Å². The maximum absolute atomic E-state index is 5.27. The fourth-order valence-corrected chi connectivity index (χ4v) is 2.23. The van der Waals surface area contributed by atoms with E-state index in [1.807, 2.05) is 0 Å². The Kier molecular flexibility index (Phi) is 3.83. The molecular formula is C11H21N5S. The van der Waals surface area contributed by atoms with E-state index in [0.717, 1.165) is 30.2 Å². The van der Waals surface area contributed by atoms with E-state index < -0.39 is 0 Å². The van der Waals surface area contributed by atoms with Gasteiger partial charge in [-0.3, -0.25) is 4.57 Å². The predicted molar refractivity (Wildman–Crippen MR) is 72.1 cm³/mol. The zero-order valence-electron chi connectivity index (χ0n) is 10.8. The Morgan fingerprint density at radius 3 is 2.65 bits per heavy atom. The summed E-state index contributed by atoms with van der Waals surface area (Å²) < 4.78 is 2.91. The Morgan fingerprint density at radius 2 is 2.06 bits per heavy atom. The van der Waals surface area contributed by atoms with Crippen molar-refractivity contribution < 1.29 is 0 Å². The average Bonchev–Trinajstić information content (AvgIpc) is 3.01. The molecule has 0 aliphatic heterocycles. The lowest BCUT2D eigenvalue weighted by atomic mass is 10.4. The van der Waals surface area contributed by atoms with Crippen molar-refractivity contribution in [3.8, 4) is 0 Å². The molecule has 0 spiro atoms. The molecule has 1 aromatic heterocycles. The van der Waals surface area contributed by atoms with Gasteiger partial charge in [-0.2, -0.15) is 0 Å². The first kappa shape index (κ1) is 12.6. The number of H-pyrrole nitrogens is 1. The fourth-order valence-electron chi connectivity index (χ4n) is 1.95. The van der Waals surface area contributed by atoms with E-state index in [0.29, 0.717) is 6.04 Å². The van der Waals surface area contributed by atoms with Gasteiger partial charge in [-0.25, -0.2) is 5.10 Å². The highest BCUT2D eigenvalue weighted by Crippen LogP contribution is 2.37. The van der Waals surface area contributed by atoms with Gasteiger partial charge in [-0.05, 0) is 52.1 Å². The van der Waals surface area contributed by atoms with Gasteiger partial charge in [0.05, 0.1) is 0 Å². The normalized spacial score (nSPS) is 15.5. The van der Waals surface area contributed by atoms with E-state index in [4.69, 9.17) is 12.2 Å². The number of nitrogens with one attached hydrogen (secondary N) is 1. The van der Waals surface area contributed by atoms with E-state index in [9.17, 15) is 0 Å². The van der Waals surface area contributed by atoms with E-state index >= 15 is 0 Å². The number of anilines is 1. The van der Waals surface area contributed by atoms with E-state index in [2.05, 4.69) is 45.7 Å². The molecule has 5 nitrogen and oxygen atoms in total. The van der Waals surface area contributed by atoms with Crippen molar-refractivity contribution in [3.05, 3.63) is 4.77 Å². The molecule has 17 heavy (non-hydrogen) atoms. The number of hydrogen-bond donors (Lipinski definition) is 1. The number of aromatic amines is 1. The molecule has 0 bridgehead atoms. The number of aromatic nitrogens is 3. The van der Waals surface area contributed by atoms with Crippen molar-refractivity contribution in [3.63, 3.8) is 0 Å². The van der Waals surface area contributed by atoms with Gasteiger partial charge in [0.15, 0.2) is 4.77 Å². The molecule has 0 unspecified atom stereocenters. The number of nitrogens with zero attached hydrogens (tertiary/aromatic N) is 4. The zero-order chi connectivity index (χ0) is 12.4. The van der Waals surface area contributed by atoms with Crippen molar-refractivity contribution in [2.75, 3.05) is 39.1 Å². The molecule has 0 aromatic carbocycles. The lowest BCUT2D eigenvalue weighted by Crippen LogP contribution is -2.25. The molecular weight excluding hydrogens is 234 g/mol. The van der Waals surface area contributed by atoms with Crippen molar-refractivity contribution in [2.45, 2.75) is 25.3 Å². The average molecular weight is 255 g/mol. The third kappa shape index (κ3) is 3.07. The summed E-state index contributed by atoms with van der Waals surface area (Å²) >= 11 is 5.27. The van der Waals surface area contributed by atoms with Crippen LogP contribution in [0.2, 0.25) is 0 Å².